The van der Waals surface area contributed by atoms with Gasteiger partial charge in [0.2, 0.25) is 11.8 Å². The molecule has 4 rings (SSSR count). The predicted molar refractivity (Wildman–Crippen MR) is 96.8 cm³/mol. The van der Waals surface area contributed by atoms with Gasteiger partial charge in [0.1, 0.15) is 6.04 Å². The smallest absolute Gasteiger partial charge is 0.255 e. The van der Waals surface area contributed by atoms with Crippen molar-refractivity contribution in [3.63, 3.8) is 0 Å². The quantitative estimate of drug-likeness (QED) is 0.604. The average molecular weight is 372 g/mol. The van der Waals surface area contributed by atoms with Gasteiger partial charge in [-0.25, -0.2) is 0 Å². The maximum absolute atomic E-state index is 13.1. The Bertz CT molecular complexity index is 781. The Morgan fingerprint density at radius 3 is 2.89 bits per heavy atom. The lowest BCUT2D eigenvalue weighted by Gasteiger charge is -2.29. The summed E-state index contributed by atoms with van der Waals surface area (Å²) < 4.78 is 5.47. The van der Waals surface area contributed by atoms with Crippen LogP contribution in [0.1, 0.15) is 34.3 Å². The van der Waals surface area contributed by atoms with Crippen LogP contribution in [0.25, 0.3) is 0 Å². The minimum Gasteiger partial charge on any atom is -0.378 e. The zero-order valence-corrected chi connectivity index (χ0v) is 15.3. The molecule has 1 aromatic rings. The highest BCUT2D eigenvalue weighted by Crippen LogP contribution is 2.29. The molecule has 0 aliphatic carbocycles. The third-order valence-electron chi connectivity index (χ3n) is 5.65. The SMILES string of the molecule is CO[C@@H]1CNC[C@H]1NCc1cccc2c1C(=O)N(C1CCC(=O)NC1=O)C2. The first-order valence-corrected chi connectivity index (χ1v) is 9.31. The summed E-state index contributed by atoms with van der Waals surface area (Å²) in [6.45, 7) is 2.59. The number of carbonyl (C=O) groups excluding carboxylic acids is 3. The number of piperidine rings is 1. The lowest BCUT2D eigenvalue weighted by atomic mass is 10.0. The monoisotopic (exact) mass is 372 g/mol. The van der Waals surface area contributed by atoms with E-state index in [1.54, 1.807) is 12.0 Å². The molecule has 2 saturated heterocycles. The number of rotatable bonds is 5. The summed E-state index contributed by atoms with van der Waals surface area (Å²) in [6.07, 6.45) is 0.747. The molecule has 0 spiro atoms. The normalized spacial score (nSPS) is 27.8. The molecule has 1 unspecified atom stereocenters. The second-order valence-corrected chi connectivity index (χ2v) is 7.27. The molecular formula is C19H24N4O4. The highest BCUT2D eigenvalue weighted by molar-refractivity contribution is 6.05. The number of hydrogen-bond acceptors (Lipinski definition) is 6. The largest absolute Gasteiger partial charge is 0.378 e. The number of imide groups is 1. The molecule has 0 saturated carbocycles. The molecule has 8 heteroatoms. The fraction of sp³-hybridized carbons (Fsp3) is 0.526. The van der Waals surface area contributed by atoms with Crippen LogP contribution < -0.4 is 16.0 Å². The molecule has 3 amide bonds. The highest BCUT2D eigenvalue weighted by Gasteiger charge is 2.40. The fourth-order valence-corrected chi connectivity index (χ4v) is 4.18. The number of ether oxygens (including phenoxy) is 1. The van der Waals surface area contributed by atoms with Gasteiger partial charge in [-0.1, -0.05) is 18.2 Å². The Kier molecular flexibility index (Phi) is 4.94. The summed E-state index contributed by atoms with van der Waals surface area (Å²) in [5, 5.41) is 9.11. The van der Waals surface area contributed by atoms with Crippen LogP contribution in [0.5, 0.6) is 0 Å². The Labute approximate surface area is 157 Å². The number of carbonyl (C=O) groups is 3. The Morgan fingerprint density at radius 2 is 2.11 bits per heavy atom. The standard InChI is InChI=1S/C19H24N4O4/c1-27-15-9-20-8-13(15)21-7-11-3-2-4-12-10-23(19(26)17(11)12)14-5-6-16(24)22-18(14)25/h2-4,13-15,20-21H,5-10H2,1H3,(H,22,24,25)/t13-,14?,15-/m1/s1. The third kappa shape index (κ3) is 3.36. The van der Waals surface area contributed by atoms with Crippen molar-refractivity contribution >= 4 is 17.7 Å². The van der Waals surface area contributed by atoms with Crippen molar-refractivity contribution in [2.75, 3.05) is 20.2 Å². The molecule has 3 aliphatic heterocycles. The van der Waals surface area contributed by atoms with Crippen molar-refractivity contribution in [2.45, 2.75) is 44.1 Å². The summed E-state index contributed by atoms with van der Waals surface area (Å²) in [4.78, 5) is 38.2. The Balaban J connectivity index is 1.50. The third-order valence-corrected chi connectivity index (χ3v) is 5.65. The molecule has 0 radical (unpaired) electrons. The topological polar surface area (TPSA) is 99.8 Å². The van der Waals surface area contributed by atoms with Gasteiger partial charge in [-0.2, -0.15) is 0 Å². The van der Waals surface area contributed by atoms with Gasteiger partial charge in [0.15, 0.2) is 0 Å². The molecular weight excluding hydrogens is 348 g/mol. The van der Waals surface area contributed by atoms with E-state index in [1.165, 1.54) is 0 Å². The zero-order chi connectivity index (χ0) is 19.0. The molecule has 3 atom stereocenters. The molecule has 3 N–H and O–H groups in total. The van der Waals surface area contributed by atoms with E-state index in [0.717, 1.165) is 24.2 Å². The Hall–Kier alpha value is -2.29. The molecule has 0 aromatic heterocycles. The van der Waals surface area contributed by atoms with Crippen LogP contribution in [-0.4, -0.2) is 61.0 Å². The summed E-state index contributed by atoms with van der Waals surface area (Å²) in [7, 11) is 1.70. The maximum Gasteiger partial charge on any atom is 0.255 e. The van der Waals surface area contributed by atoms with Crippen molar-refractivity contribution < 1.29 is 19.1 Å². The number of hydrogen-bond donors (Lipinski definition) is 3. The van der Waals surface area contributed by atoms with Gasteiger partial charge in [-0.3, -0.25) is 19.7 Å². The fourth-order valence-electron chi connectivity index (χ4n) is 4.18. The van der Waals surface area contributed by atoms with Crippen molar-refractivity contribution in [1.82, 2.24) is 20.9 Å². The second kappa shape index (κ2) is 7.38. The number of nitrogens with one attached hydrogen (secondary N) is 3. The van der Waals surface area contributed by atoms with Gasteiger partial charge < -0.3 is 20.3 Å². The van der Waals surface area contributed by atoms with Crippen molar-refractivity contribution in [1.29, 1.82) is 0 Å². The van der Waals surface area contributed by atoms with Gasteiger partial charge in [-0.15, -0.1) is 0 Å². The molecule has 8 nitrogen and oxygen atoms in total. The average Bonchev–Trinajstić information content (AvgIpc) is 3.24. The predicted octanol–water partition coefficient (Wildman–Crippen LogP) is -0.476. The first kappa shape index (κ1) is 18.1. The van der Waals surface area contributed by atoms with E-state index >= 15 is 0 Å². The van der Waals surface area contributed by atoms with Gasteiger partial charge in [0.25, 0.3) is 5.91 Å². The van der Waals surface area contributed by atoms with Crippen LogP contribution in [0.4, 0.5) is 0 Å². The van der Waals surface area contributed by atoms with Crippen LogP contribution in [0, 0.1) is 0 Å². The van der Waals surface area contributed by atoms with E-state index in [1.807, 2.05) is 18.2 Å². The number of fused-ring (bicyclic) bond motifs is 1. The maximum atomic E-state index is 13.1. The second-order valence-electron chi connectivity index (χ2n) is 7.27. The minimum atomic E-state index is -0.583. The van der Waals surface area contributed by atoms with E-state index in [-0.39, 0.29) is 36.3 Å². The van der Waals surface area contributed by atoms with Gasteiger partial charge in [-0.05, 0) is 17.5 Å². The first-order valence-electron chi connectivity index (χ1n) is 9.31. The highest BCUT2D eigenvalue weighted by atomic mass is 16.5. The lowest BCUT2D eigenvalue weighted by Crippen LogP contribution is -2.52. The van der Waals surface area contributed by atoms with Crippen molar-refractivity contribution in [2.24, 2.45) is 0 Å². The number of benzene rings is 1. The van der Waals surface area contributed by atoms with Crippen LogP contribution in [-0.2, 0) is 27.4 Å². The molecule has 3 heterocycles. The molecule has 3 aliphatic rings. The van der Waals surface area contributed by atoms with Crippen LogP contribution in [0.15, 0.2) is 18.2 Å². The van der Waals surface area contributed by atoms with E-state index in [2.05, 4.69) is 16.0 Å². The van der Waals surface area contributed by atoms with Crippen LogP contribution in [0.2, 0.25) is 0 Å². The summed E-state index contributed by atoms with van der Waals surface area (Å²) in [5.74, 6) is -0.792. The van der Waals surface area contributed by atoms with E-state index in [9.17, 15) is 14.4 Å². The Morgan fingerprint density at radius 1 is 1.26 bits per heavy atom. The molecule has 2 fully saturated rings. The van der Waals surface area contributed by atoms with Crippen molar-refractivity contribution in [3.8, 4) is 0 Å². The summed E-state index contributed by atoms with van der Waals surface area (Å²) in [6, 6.07) is 5.42. The number of nitrogens with zero attached hydrogens (tertiary/aromatic N) is 1. The van der Waals surface area contributed by atoms with Gasteiger partial charge >= 0.3 is 0 Å². The van der Waals surface area contributed by atoms with Crippen LogP contribution in [0.3, 0.4) is 0 Å². The molecule has 27 heavy (non-hydrogen) atoms. The minimum absolute atomic E-state index is 0.109. The van der Waals surface area contributed by atoms with Gasteiger partial charge in [0, 0.05) is 51.3 Å². The van der Waals surface area contributed by atoms with Gasteiger partial charge in [0.05, 0.1) is 6.10 Å². The van der Waals surface area contributed by atoms with Crippen LogP contribution >= 0.6 is 0 Å². The summed E-state index contributed by atoms with van der Waals surface area (Å²) in [5.41, 5.74) is 2.53. The first-order chi connectivity index (χ1) is 13.1. The lowest BCUT2D eigenvalue weighted by molar-refractivity contribution is -0.136. The van der Waals surface area contributed by atoms with E-state index in [4.69, 9.17) is 4.74 Å². The van der Waals surface area contributed by atoms with E-state index < -0.39 is 6.04 Å². The molecule has 1 aromatic carbocycles. The zero-order valence-electron chi connectivity index (χ0n) is 15.3. The van der Waals surface area contributed by atoms with Crippen molar-refractivity contribution in [3.05, 3.63) is 34.9 Å². The molecule has 0 bridgehead atoms. The number of amides is 3. The van der Waals surface area contributed by atoms with E-state index in [0.29, 0.717) is 25.1 Å². The number of methoxy groups -OCH3 is 1. The summed E-state index contributed by atoms with van der Waals surface area (Å²) >= 11 is 0. The molecule has 144 valence electrons.